The van der Waals surface area contributed by atoms with Crippen LogP contribution in [0.15, 0.2) is 35.3 Å². The van der Waals surface area contributed by atoms with E-state index in [1.54, 1.807) is 0 Å². The minimum atomic E-state index is -2.11. The van der Waals surface area contributed by atoms with Crippen LogP contribution in [0.5, 0.6) is 0 Å². The summed E-state index contributed by atoms with van der Waals surface area (Å²) in [6.07, 6.45) is 1.83. The number of rotatable bonds is 4. The molecule has 0 bridgehead atoms. The summed E-state index contributed by atoms with van der Waals surface area (Å²) >= 11 is -2.11. The van der Waals surface area contributed by atoms with Crippen LogP contribution in [-0.4, -0.2) is 32.8 Å². The Morgan fingerprint density at radius 1 is 1.17 bits per heavy atom. The van der Waals surface area contributed by atoms with E-state index in [1.807, 2.05) is 36.5 Å². The Bertz CT molecular complexity index is 341. The van der Waals surface area contributed by atoms with E-state index < -0.39 is 21.7 Å². The molecule has 0 aliphatic heterocycles. The van der Waals surface area contributed by atoms with Crippen molar-refractivity contribution in [1.29, 1.82) is 0 Å². The Kier molecular flexibility index (Phi) is 11.1. The van der Waals surface area contributed by atoms with Crippen molar-refractivity contribution in [3.05, 3.63) is 30.3 Å². The van der Waals surface area contributed by atoms with Gasteiger partial charge in [-0.05, 0) is 0 Å². The van der Waals surface area contributed by atoms with Gasteiger partial charge in [0.25, 0.3) is 0 Å². The van der Waals surface area contributed by atoms with Gasteiger partial charge < -0.3 is 0 Å². The first-order valence-electron chi connectivity index (χ1n) is 5.26. The molecule has 0 aliphatic rings. The maximum absolute atomic E-state index is 5.64. The van der Waals surface area contributed by atoms with Gasteiger partial charge in [0.1, 0.15) is 0 Å². The summed E-state index contributed by atoms with van der Waals surface area (Å²) in [4.78, 5) is 4.28. The van der Waals surface area contributed by atoms with Gasteiger partial charge in [0.2, 0.25) is 0 Å². The molecule has 2 nitrogen and oxygen atoms in total. The van der Waals surface area contributed by atoms with Crippen molar-refractivity contribution < 1.29 is 18.7 Å². The van der Waals surface area contributed by atoms with Crippen molar-refractivity contribution in [1.82, 2.24) is 0 Å². The quantitative estimate of drug-likeness (QED) is 0.419. The van der Waals surface area contributed by atoms with Gasteiger partial charge in [-0.2, -0.15) is 0 Å². The fourth-order valence-electron chi connectivity index (χ4n) is 0.944. The second-order valence-corrected chi connectivity index (χ2v) is 21.5. The van der Waals surface area contributed by atoms with Crippen molar-refractivity contribution in [2.24, 2.45) is 4.99 Å². The summed E-state index contributed by atoms with van der Waals surface area (Å²) in [6.45, 7) is 7.13. The van der Waals surface area contributed by atoms with Crippen LogP contribution in [0.2, 0.25) is 0 Å². The molecular weight excluding hydrogens is 483 g/mol. The topological polar surface area (TPSA) is 21.6 Å². The zero-order valence-electron chi connectivity index (χ0n) is 10.6. The van der Waals surface area contributed by atoms with Gasteiger partial charge in [0, 0.05) is 0 Å². The molecular formula is C11H18Cl3NOPW. The Morgan fingerprint density at radius 3 is 2.11 bits per heavy atom. The fraction of sp³-hybridized carbons (Fsp3) is 0.364. The summed E-state index contributed by atoms with van der Waals surface area (Å²) in [5, 5.41) is 0. The molecule has 0 N–H and O–H groups in total. The number of benzene rings is 1. The SMILES string of the molecule is C[PH](C)(C)OCC=Nc1ccccc1.[Cl][W]([Cl])[Cl]. The molecule has 1 aromatic rings. The Hall–Kier alpha value is 0.838. The summed E-state index contributed by atoms with van der Waals surface area (Å²) in [5.74, 6) is 0. The molecule has 0 radical (unpaired) electrons. The monoisotopic (exact) mass is 500 g/mol. The Balaban J connectivity index is 0.000000631. The van der Waals surface area contributed by atoms with Gasteiger partial charge >= 0.3 is 128 Å². The molecule has 0 amide bonds. The molecule has 1 rings (SSSR count). The molecule has 0 unspecified atom stereocenters. The van der Waals surface area contributed by atoms with E-state index >= 15 is 0 Å². The third-order valence-corrected chi connectivity index (χ3v) is 2.62. The molecule has 18 heavy (non-hydrogen) atoms. The molecule has 7 heteroatoms. The van der Waals surface area contributed by atoms with Gasteiger partial charge in [0.05, 0.1) is 0 Å². The molecule has 1 aromatic carbocycles. The molecule has 0 saturated heterocycles. The Labute approximate surface area is 127 Å². The minimum absolute atomic E-state index is 0.616. The zero-order valence-corrected chi connectivity index (χ0v) is 16.8. The van der Waals surface area contributed by atoms with Gasteiger partial charge in [-0.3, -0.25) is 0 Å². The molecule has 0 spiro atoms. The third kappa shape index (κ3) is 14.9. The fourth-order valence-corrected chi connectivity index (χ4v) is 1.52. The second-order valence-electron chi connectivity index (χ2n) is 4.25. The van der Waals surface area contributed by atoms with Gasteiger partial charge in [-0.25, -0.2) is 0 Å². The second kappa shape index (κ2) is 10.6. The summed E-state index contributed by atoms with van der Waals surface area (Å²) in [5.41, 5.74) is 0.978. The molecule has 0 saturated carbocycles. The van der Waals surface area contributed by atoms with E-state index in [0.717, 1.165) is 5.69 Å². The van der Waals surface area contributed by atoms with Crippen molar-refractivity contribution in [2.75, 3.05) is 26.6 Å². The predicted molar refractivity (Wildman–Crippen MR) is 84.2 cm³/mol. The number of nitrogens with zero attached hydrogens (tertiary/aromatic N) is 1. The van der Waals surface area contributed by atoms with Gasteiger partial charge in [-0.15, -0.1) is 0 Å². The summed E-state index contributed by atoms with van der Waals surface area (Å²) in [6, 6.07) is 9.89. The number of para-hydroxylation sites is 1. The van der Waals surface area contributed by atoms with Crippen molar-refractivity contribution in [3.63, 3.8) is 0 Å². The maximum atomic E-state index is 5.64. The predicted octanol–water partition coefficient (Wildman–Crippen LogP) is 5.03. The first-order chi connectivity index (χ1) is 8.31. The molecule has 0 aromatic heterocycles. The molecule has 0 aliphatic carbocycles. The molecule has 0 fully saturated rings. The van der Waals surface area contributed by atoms with Crippen LogP contribution in [-0.2, 0) is 18.7 Å². The number of aliphatic imine (C=N–C) groups is 1. The van der Waals surface area contributed by atoms with Gasteiger partial charge in [0.15, 0.2) is 0 Å². The number of hydrogen-bond donors (Lipinski definition) is 0. The van der Waals surface area contributed by atoms with E-state index in [9.17, 15) is 0 Å². The van der Waals surface area contributed by atoms with Crippen molar-refractivity contribution >= 4 is 47.6 Å². The average Bonchev–Trinajstić information content (AvgIpc) is 2.24. The Morgan fingerprint density at radius 2 is 1.67 bits per heavy atom. The van der Waals surface area contributed by atoms with E-state index in [-0.39, 0.29) is 0 Å². The third-order valence-electron chi connectivity index (χ3n) is 1.59. The van der Waals surface area contributed by atoms with E-state index in [0.29, 0.717) is 6.61 Å². The first-order valence-corrected chi connectivity index (χ1v) is 19.6. The number of halogens is 3. The molecule has 105 valence electrons. The van der Waals surface area contributed by atoms with E-state index in [1.165, 1.54) is 0 Å². The average molecular weight is 501 g/mol. The number of hydrogen-bond acceptors (Lipinski definition) is 2. The van der Waals surface area contributed by atoms with Crippen LogP contribution in [0.25, 0.3) is 0 Å². The van der Waals surface area contributed by atoms with Crippen LogP contribution in [0, 0.1) is 0 Å². The standard InChI is InChI=1S/C11H18NOP.3ClH.W/c1-14(2,3)13-10-9-12-11-7-5-4-6-8-11;;;;/h4-9,14H,10H2,1-3H3;3*1H;/q;;;;+3/p-3. The summed E-state index contributed by atoms with van der Waals surface area (Å²) in [7, 11) is 13.6. The normalized spacial score (nSPS) is 12.4. The van der Waals surface area contributed by atoms with Crippen molar-refractivity contribution in [3.8, 4) is 0 Å². The molecule has 0 atom stereocenters. The van der Waals surface area contributed by atoms with E-state index in [2.05, 4.69) is 25.0 Å². The van der Waals surface area contributed by atoms with Crippen molar-refractivity contribution in [2.45, 2.75) is 0 Å². The zero-order chi connectivity index (χ0) is 14.0. The van der Waals surface area contributed by atoms with Crippen LogP contribution >= 0.6 is 35.7 Å². The van der Waals surface area contributed by atoms with Crippen LogP contribution in [0.1, 0.15) is 0 Å². The first kappa shape index (κ1) is 18.8. The molecule has 0 heterocycles. The summed E-state index contributed by atoms with van der Waals surface area (Å²) < 4.78 is 5.64. The van der Waals surface area contributed by atoms with E-state index in [4.69, 9.17) is 32.8 Å². The van der Waals surface area contributed by atoms with Crippen LogP contribution < -0.4 is 0 Å². The van der Waals surface area contributed by atoms with Gasteiger partial charge in [-0.1, -0.05) is 0 Å². The van der Waals surface area contributed by atoms with Crippen LogP contribution in [0.3, 0.4) is 0 Å². The van der Waals surface area contributed by atoms with Crippen LogP contribution in [0.4, 0.5) is 5.69 Å².